The van der Waals surface area contributed by atoms with E-state index in [2.05, 4.69) is 0 Å². The van der Waals surface area contributed by atoms with Crippen molar-refractivity contribution in [1.82, 2.24) is 4.90 Å². The van der Waals surface area contributed by atoms with Gasteiger partial charge >= 0.3 is 0 Å². The molecule has 1 heterocycles. The molecule has 4 nitrogen and oxygen atoms in total. The Morgan fingerprint density at radius 2 is 2.00 bits per heavy atom. The van der Waals surface area contributed by atoms with E-state index >= 15 is 0 Å². The first-order chi connectivity index (χ1) is 8.52. The zero-order chi connectivity index (χ0) is 13.6. The molecule has 1 amide bonds. The Bertz CT molecular complexity index is 262. The van der Waals surface area contributed by atoms with Gasteiger partial charge in [0.15, 0.2) is 0 Å². The summed E-state index contributed by atoms with van der Waals surface area (Å²) in [5, 5.41) is 10.5. The molecule has 0 bridgehead atoms. The van der Waals surface area contributed by atoms with E-state index in [0.29, 0.717) is 32.6 Å². The van der Waals surface area contributed by atoms with Crippen molar-refractivity contribution in [2.24, 2.45) is 0 Å². The second kappa shape index (κ2) is 7.10. The lowest BCUT2D eigenvalue weighted by atomic mass is 9.88. The van der Waals surface area contributed by atoms with Crippen molar-refractivity contribution in [2.75, 3.05) is 19.8 Å². The molecule has 0 aromatic rings. The molecule has 1 N–H and O–H groups in total. The Labute approximate surface area is 110 Å². The van der Waals surface area contributed by atoms with Crippen molar-refractivity contribution in [3.63, 3.8) is 0 Å². The molecule has 1 fully saturated rings. The van der Waals surface area contributed by atoms with Gasteiger partial charge in [0.1, 0.15) is 0 Å². The maximum Gasteiger partial charge on any atom is 0.225 e. The average Bonchev–Trinajstić information content (AvgIpc) is 2.29. The van der Waals surface area contributed by atoms with Crippen molar-refractivity contribution in [2.45, 2.75) is 64.5 Å². The van der Waals surface area contributed by atoms with Crippen molar-refractivity contribution in [3.05, 3.63) is 0 Å². The number of amides is 1. The zero-order valence-corrected chi connectivity index (χ0v) is 11.9. The molecule has 1 saturated heterocycles. The lowest BCUT2D eigenvalue weighted by Gasteiger charge is -2.36. The third-order valence-corrected chi connectivity index (χ3v) is 3.60. The number of rotatable bonds is 6. The molecule has 0 saturated carbocycles. The van der Waals surface area contributed by atoms with Crippen LogP contribution in [0.5, 0.6) is 0 Å². The van der Waals surface area contributed by atoms with Gasteiger partial charge in [-0.1, -0.05) is 26.7 Å². The van der Waals surface area contributed by atoms with Gasteiger partial charge in [0, 0.05) is 6.54 Å². The Kier molecular flexibility index (Phi) is 6.09. The highest BCUT2D eigenvalue weighted by molar-refractivity contribution is 5.77. The fraction of sp³-hybridized carbons (Fsp3) is 0.929. The first kappa shape index (κ1) is 15.4. The van der Waals surface area contributed by atoms with E-state index in [1.165, 1.54) is 0 Å². The van der Waals surface area contributed by atoms with Gasteiger partial charge in [-0.2, -0.15) is 0 Å². The zero-order valence-electron chi connectivity index (χ0n) is 11.9. The molecular formula is C14H27NO3. The van der Waals surface area contributed by atoms with E-state index in [1.54, 1.807) is 0 Å². The molecular weight excluding hydrogens is 230 g/mol. The van der Waals surface area contributed by atoms with Crippen LogP contribution >= 0.6 is 0 Å². The molecule has 1 aliphatic heterocycles. The Morgan fingerprint density at radius 1 is 1.39 bits per heavy atom. The van der Waals surface area contributed by atoms with E-state index < -0.39 is 5.60 Å². The van der Waals surface area contributed by atoms with E-state index in [0.717, 1.165) is 12.8 Å². The monoisotopic (exact) mass is 257 g/mol. The molecule has 1 rings (SSSR count). The van der Waals surface area contributed by atoms with Crippen molar-refractivity contribution in [3.8, 4) is 0 Å². The first-order valence-corrected chi connectivity index (χ1v) is 7.12. The predicted octanol–water partition coefficient (Wildman–Crippen LogP) is 1.96. The topological polar surface area (TPSA) is 49.8 Å². The molecule has 1 unspecified atom stereocenters. The summed E-state index contributed by atoms with van der Waals surface area (Å²) in [4.78, 5) is 14.1. The third kappa shape index (κ3) is 4.25. The van der Waals surface area contributed by atoms with Crippen LogP contribution in [0.2, 0.25) is 0 Å². The van der Waals surface area contributed by atoms with Crippen LogP contribution in [0.25, 0.3) is 0 Å². The summed E-state index contributed by atoms with van der Waals surface area (Å²) < 4.78 is 5.33. The highest BCUT2D eigenvalue weighted by Crippen LogP contribution is 2.25. The van der Waals surface area contributed by atoms with Crippen LogP contribution in [0.3, 0.4) is 0 Å². The largest absolute Gasteiger partial charge is 0.389 e. The molecule has 1 atom stereocenters. The smallest absolute Gasteiger partial charge is 0.225 e. The molecule has 0 aliphatic carbocycles. The quantitative estimate of drug-likeness (QED) is 0.791. The SMILES string of the molecule is CCCC(O)(CCC)CC(=O)N1CCOCC1C. The minimum atomic E-state index is -0.821. The van der Waals surface area contributed by atoms with Crippen LogP contribution in [-0.2, 0) is 9.53 Å². The van der Waals surface area contributed by atoms with Gasteiger partial charge in [-0.3, -0.25) is 4.79 Å². The van der Waals surface area contributed by atoms with Gasteiger partial charge in [-0.05, 0) is 19.8 Å². The van der Waals surface area contributed by atoms with Gasteiger partial charge in [0.2, 0.25) is 5.91 Å². The lowest BCUT2D eigenvalue weighted by molar-refractivity contribution is -0.145. The van der Waals surface area contributed by atoms with Gasteiger partial charge in [0.05, 0.1) is 31.3 Å². The first-order valence-electron chi connectivity index (χ1n) is 7.12. The summed E-state index contributed by atoms with van der Waals surface area (Å²) in [6, 6.07) is 0.124. The molecule has 1 aliphatic rings. The van der Waals surface area contributed by atoms with Gasteiger partial charge < -0.3 is 14.7 Å². The minimum absolute atomic E-state index is 0.0650. The van der Waals surface area contributed by atoms with E-state index in [9.17, 15) is 9.90 Å². The van der Waals surface area contributed by atoms with Crippen LogP contribution in [0.1, 0.15) is 52.9 Å². The summed E-state index contributed by atoms with van der Waals surface area (Å²) >= 11 is 0. The number of ether oxygens (including phenoxy) is 1. The summed E-state index contributed by atoms with van der Waals surface area (Å²) in [5.41, 5.74) is -0.821. The second-order valence-electron chi connectivity index (χ2n) is 5.41. The van der Waals surface area contributed by atoms with Crippen molar-refractivity contribution < 1.29 is 14.6 Å². The molecule has 4 heteroatoms. The van der Waals surface area contributed by atoms with Crippen LogP contribution < -0.4 is 0 Å². The molecule has 0 aromatic carbocycles. The second-order valence-corrected chi connectivity index (χ2v) is 5.41. The number of carbonyl (C=O) groups is 1. The van der Waals surface area contributed by atoms with E-state index in [1.807, 2.05) is 25.7 Å². The van der Waals surface area contributed by atoms with Crippen molar-refractivity contribution in [1.29, 1.82) is 0 Å². The Hall–Kier alpha value is -0.610. The highest BCUT2D eigenvalue weighted by Gasteiger charge is 2.32. The number of hydrogen-bond acceptors (Lipinski definition) is 3. The molecule has 0 aromatic heterocycles. The number of carbonyl (C=O) groups excluding carboxylic acids is 1. The summed E-state index contributed by atoms with van der Waals surface area (Å²) in [7, 11) is 0. The Morgan fingerprint density at radius 3 is 2.50 bits per heavy atom. The number of morpholine rings is 1. The van der Waals surface area contributed by atoms with E-state index in [4.69, 9.17) is 4.74 Å². The average molecular weight is 257 g/mol. The van der Waals surface area contributed by atoms with Crippen LogP contribution in [0, 0.1) is 0 Å². The molecule has 0 spiro atoms. The number of hydrogen-bond donors (Lipinski definition) is 1. The normalized spacial score (nSPS) is 21.1. The number of aliphatic hydroxyl groups is 1. The minimum Gasteiger partial charge on any atom is -0.389 e. The maximum absolute atomic E-state index is 12.3. The number of nitrogens with zero attached hydrogens (tertiary/aromatic N) is 1. The molecule has 106 valence electrons. The van der Waals surface area contributed by atoms with Crippen LogP contribution in [-0.4, -0.2) is 47.3 Å². The molecule has 0 radical (unpaired) electrons. The van der Waals surface area contributed by atoms with Gasteiger partial charge in [-0.25, -0.2) is 0 Å². The fourth-order valence-electron chi connectivity index (χ4n) is 2.71. The summed E-state index contributed by atoms with van der Waals surface area (Å²) in [6.07, 6.45) is 3.46. The van der Waals surface area contributed by atoms with Crippen LogP contribution in [0.4, 0.5) is 0 Å². The highest BCUT2D eigenvalue weighted by atomic mass is 16.5. The summed E-state index contributed by atoms with van der Waals surface area (Å²) in [6.45, 7) is 7.94. The van der Waals surface area contributed by atoms with Crippen LogP contribution in [0.15, 0.2) is 0 Å². The maximum atomic E-state index is 12.3. The standard InChI is InChI=1S/C14H27NO3/c1-4-6-14(17,7-5-2)10-13(16)15-8-9-18-11-12(15)3/h12,17H,4-11H2,1-3H3. The van der Waals surface area contributed by atoms with Crippen molar-refractivity contribution >= 4 is 5.91 Å². The molecule has 18 heavy (non-hydrogen) atoms. The van der Waals surface area contributed by atoms with E-state index in [-0.39, 0.29) is 18.4 Å². The van der Waals surface area contributed by atoms with Gasteiger partial charge in [-0.15, -0.1) is 0 Å². The lowest BCUT2D eigenvalue weighted by Crippen LogP contribution is -2.49. The summed E-state index contributed by atoms with van der Waals surface area (Å²) in [5.74, 6) is 0.0650. The predicted molar refractivity (Wildman–Crippen MR) is 71.4 cm³/mol. The third-order valence-electron chi connectivity index (χ3n) is 3.60. The fourth-order valence-corrected chi connectivity index (χ4v) is 2.71. The van der Waals surface area contributed by atoms with Gasteiger partial charge in [0.25, 0.3) is 0 Å². The Balaban J connectivity index is 2.59.